The molecule has 0 aliphatic carbocycles. The average molecular weight is 355 g/mol. The van der Waals surface area contributed by atoms with Gasteiger partial charge in [0.15, 0.2) is 0 Å². The summed E-state index contributed by atoms with van der Waals surface area (Å²) in [4.78, 5) is 25.2. The molecule has 0 bridgehead atoms. The number of nitrogen functional groups attached to an aromatic ring is 1. The Bertz CT molecular complexity index is 542. The van der Waals surface area contributed by atoms with Gasteiger partial charge in [-0.15, -0.1) is 0 Å². The highest BCUT2D eigenvalue weighted by Crippen LogP contribution is 2.24. The number of likely N-dealkylation sites (tertiary alicyclic amines) is 1. The molecule has 1 aromatic carbocycles. The molecule has 114 valence electrons. The Balaban J connectivity index is 1.84. The molecule has 0 radical (unpaired) electrons. The van der Waals surface area contributed by atoms with Gasteiger partial charge in [-0.3, -0.25) is 14.5 Å². The van der Waals surface area contributed by atoms with Crippen molar-refractivity contribution in [1.82, 2.24) is 4.90 Å². The van der Waals surface area contributed by atoms with E-state index in [2.05, 4.69) is 21.2 Å². The zero-order valence-electron chi connectivity index (χ0n) is 11.6. The van der Waals surface area contributed by atoms with Crippen molar-refractivity contribution >= 4 is 39.1 Å². The molecule has 1 saturated heterocycles. The average Bonchev–Trinajstić information content (AvgIpc) is 2.42. The van der Waals surface area contributed by atoms with E-state index in [9.17, 15) is 9.59 Å². The largest absolute Gasteiger partial charge is 0.399 e. The monoisotopic (exact) mass is 354 g/mol. The van der Waals surface area contributed by atoms with Gasteiger partial charge in [0, 0.05) is 16.1 Å². The van der Waals surface area contributed by atoms with Crippen molar-refractivity contribution in [2.75, 3.05) is 30.7 Å². The van der Waals surface area contributed by atoms with Gasteiger partial charge >= 0.3 is 0 Å². The number of hydrogen-bond donors (Lipinski definition) is 3. The van der Waals surface area contributed by atoms with Crippen molar-refractivity contribution < 1.29 is 9.59 Å². The Morgan fingerprint density at radius 2 is 2.00 bits per heavy atom. The molecule has 1 aliphatic heterocycles. The van der Waals surface area contributed by atoms with Crippen molar-refractivity contribution in [1.29, 1.82) is 0 Å². The highest BCUT2D eigenvalue weighted by atomic mass is 79.9. The van der Waals surface area contributed by atoms with E-state index >= 15 is 0 Å². The SMILES string of the molecule is NC(=O)C1CCN(CC(=O)Nc2ccc(N)cc2Br)CC1. The summed E-state index contributed by atoms with van der Waals surface area (Å²) in [7, 11) is 0. The van der Waals surface area contributed by atoms with E-state index in [4.69, 9.17) is 11.5 Å². The lowest BCUT2D eigenvalue weighted by molar-refractivity contribution is -0.123. The first-order chi connectivity index (χ1) is 9.95. The molecule has 21 heavy (non-hydrogen) atoms. The topological polar surface area (TPSA) is 101 Å². The van der Waals surface area contributed by atoms with Gasteiger partial charge in [-0.25, -0.2) is 0 Å². The Morgan fingerprint density at radius 3 is 2.57 bits per heavy atom. The van der Waals surface area contributed by atoms with E-state index in [1.807, 2.05) is 4.90 Å². The molecule has 1 heterocycles. The lowest BCUT2D eigenvalue weighted by Gasteiger charge is -2.29. The number of primary amides is 1. The molecule has 6 nitrogen and oxygen atoms in total. The van der Waals surface area contributed by atoms with Crippen LogP contribution in [0.15, 0.2) is 22.7 Å². The standard InChI is InChI=1S/C14H19BrN4O2/c15-11-7-10(16)1-2-12(11)18-13(20)8-19-5-3-9(4-6-19)14(17)21/h1-2,7,9H,3-6,8,16H2,(H2,17,21)(H,18,20). The van der Waals surface area contributed by atoms with Crippen LogP contribution >= 0.6 is 15.9 Å². The minimum absolute atomic E-state index is 0.0597. The maximum Gasteiger partial charge on any atom is 0.238 e. The van der Waals surface area contributed by atoms with Gasteiger partial charge in [0.05, 0.1) is 12.2 Å². The first-order valence-electron chi connectivity index (χ1n) is 6.82. The van der Waals surface area contributed by atoms with Crippen molar-refractivity contribution in [3.63, 3.8) is 0 Å². The summed E-state index contributed by atoms with van der Waals surface area (Å²) >= 11 is 3.36. The number of rotatable bonds is 4. The summed E-state index contributed by atoms with van der Waals surface area (Å²) in [5.41, 5.74) is 12.3. The maximum atomic E-state index is 12.0. The predicted molar refractivity (Wildman–Crippen MR) is 85.5 cm³/mol. The smallest absolute Gasteiger partial charge is 0.238 e. The number of carbonyl (C=O) groups excluding carboxylic acids is 2. The number of halogens is 1. The lowest BCUT2D eigenvalue weighted by Crippen LogP contribution is -2.42. The first-order valence-corrected chi connectivity index (χ1v) is 7.61. The van der Waals surface area contributed by atoms with Crippen LogP contribution in [0.2, 0.25) is 0 Å². The Kier molecular flexibility index (Phi) is 5.19. The first kappa shape index (κ1) is 15.8. The summed E-state index contributed by atoms with van der Waals surface area (Å²) in [6.45, 7) is 1.73. The number of amides is 2. The van der Waals surface area contributed by atoms with Crippen molar-refractivity contribution in [2.45, 2.75) is 12.8 Å². The minimum atomic E-state index is -0.245. The number of nitrogens with zero attached hydrogens (tertiary/aromatic N) is 1. The second kappa shape index (κ2) is 6.91. The van der Waals surface area contributed by atoms with Crippen LogP contribution in [0.25, 0.3) is 0 Å². The maximum absolute atomic E-state index is 12.0. The van der Waals surface area contributed by atoms with Crippen LogP contribution in [0.4, 0.5) is 11.4 Å². The number of carbonyl (C=O) groups is 2. The van der Waals surface area contributed by atoms with Gasteiger partial charge < -0.3 is 16.8 Å². The Labute approximate surface area is 132 Å². The van der Waals surface area contributed by atoms with Gasteiger partial charge in [0.25, 0.3) is 0 Å². The quantitative estimate of drug-likeness (QED) is 0.706. The van der Waals surface area contributed by atoms with E-state index < -0.39 is 0 Å². The summed E-state index contributed by atoms with van der Waals surface area (Å²) in [6.07, 6.45) is 1.43. The summed E-state index contributed by atoms with van der Waals surface area (Å²) < 4.78 is 0.753. The Hall–Kier alpha value is -1.60. The number of benzene rings is 1. The summed E-state index contributed by atoms with van der Waals surface area (Å²) in [5.74, 6) is -0.390. The third kappa shape index (κ3) is 4.44. The zero-order valence-corrected chi connectivity index (χ0v) is 13.2. The van der Waals surface area contributed by atoms with Crippen LogP contribution in [-0.2, 0) is 9.59 Å². The molecule has 7 heteroatoms. The fourth-order valence-corrected chi connectivity index (χ4v) is 2.90. The number of nitrogens with one attached hydrogen (secondary N) is 1. The van der Waals surface area contributed by atoms with E-state index in [1.165, 1.54) is 0 Å². The predicted octanol–water partition coefficient (Wildman–Crippen LogP) is 1.17. The molecule has 0 unspecified atom stereocenters. The molecular formula is C14H19BrN4O2. The van der Waals surface area contributed by atoms with Crippen LogP contribution in [0.1, 0.15) is 12.8 Å². The van der Waals surface area contributed by atoms with Crippen LogP contribution in [0.5, 0.6) is 0 Å². The minimum Gasteiger partial charge on any atom is -0.399 e. The fourth-order valence-electron chi connectivity index (χ4n) is 2.40. The molecule has 0 aromatic heterocycles. The molecule has 5 N–H and O–H groups in total. The van der Waals surface area contributed by atoms with Crippen LogP contribution in [0, 0.1) is 5.92 Å². The van der Waals surface area contributed by atoms with Gasteiger partial charge in [-0.2, -0.15) is 0 Å². The Morgan fingerprint density at radius 1 is 1.33 bits per heavy atom. The summed E-state index contributed by atoms with van der Waals surface area (Å²) in [6, 6.07) is 5.24. The van der Waals surface area contributed by atoms with E-state index in [0.29, 0.717) is 43.9 Å². The van der Waals surface area contributed by atoms with Gasteiger partial charge in [0.2, 0.25) is 11.8 Å². The molecule has 1 fully saturated rings. The van der Waals surface area contributed by atoms with E-state index in [0.717, 1.165) is 4.47 Å². The number of piperidine rings is 1. The van der Waals surface area contributed by atoms with E-state index in [-0.39, 0.29) is 17.7 Å². The fraction of sp³-hybridized carbons (Fsp3) is 0.429. The van der Waals surface area contributed by atoms with Crippen LogP contribution in [0.3, 0.4) is 0 Å². The van der Waals surface area contributed by atoms with Gasteiger partial charge in [-0.05, 0) is 60.1 Å². The molecule has 1 aliphatic rings. The highest BCUT2D eigenvalue weighted by Gasteiger charge is 2.24. The molecule has 0 spiro atoms. The third-order valence-corrected chi connectivity index (χ3v) is 4.28. The second-order valence-electron chi connectivity index (χ2n) is 5.24. The molecule has 2 rings (SSSR count). The van der Waals surface area contributed by atoms with E-state index in [1.54, 1.807) is 18.2 Å². The third-order valence-electron chi connectivity index (χ3n) is 3.62. The van der Waals surface area contributed by atoms with Crippen LogP contribution < -0.4 is 16.8 Å². The van der Waals surface area contributed by atoms with Crippen molar-refractivity contribution in [3.05, 3.63) is 22.7 Å². The number of hydrogen-bond acceptors (Lipinski definition) is 4. The highest BCUT2D eigenvalue weighted by molar-refractivity contribution is 9.10. The zero-order chi connectivity index (χ0) is 15.4. The van der Waals surface area contributed by atoms with Gasteiger partial charge in [0.1, 0.15) is 0 Å². The van der Waals surface area contributed by atoms with Crippen molar-refractivity contribution in [3.8, 4) is 0 Å². The molecule has 0 atom stereocenters. The van der Waals surface area contributed by atoms with Crippen molar-refractivity contribution in [2.24, 2.45) is 11.7 Å². The van der Waals surface area contributed by atoms with Gasteiger partial charge in [-0.1, -0.05) is 0 Å². The summed E-state index contributed by atoms with van der Waals surface area (Å²) in [5, 5.41) is 2.84. The second-order valence-corrected chi connectivity index (χ2v) is 6.09. The molecule has 0 saturated carbocycles. The molecule has 1 aromatic rings. The molecule has 2 amide bonds. The van der Waals surface area contributed by atoms with Crippen LogP contribution in [-0.4, -0.2) is 36.3 Å². The number of nitrogens with two attached hydrogens (primary N) is 2. The number of anilines is 2. The normalized spacial score (nSPS) is 16.6. The lowest BCUT2D eigenvalue weighted by atomic mass is 9.96. The molecular weight excluding hydrogens is 336 g/mol.